The predicted molar refractivity (Wildman–Crippen MR) is 140 cm³/mol. The lowest BCUT2D eigenvalue weighted by Gasteiger charge is -2.11. The number of hydrogen-bond donors (Lipinski definition) is 0. The third-order valence-electron chi connectivity index (χ3n) is 6.76. The van der Waals surface area contributed by atoms with Crippen molar-refractivity contribution in [3.8, 4) is 0 Å². The molecule has 0 spiro atoms. The monoisotopic (exact) mass is 420 g/mol. The molecule has 0 heteroatoms. The summed E-state index contributed by atoms with van der Waals surface area (Å²) in [6.07, 6.45) is 39.3. The predicted octanol–water partition coefficient (Wildman–Crippen LogP) is 11.6. The van der Waals surface area contributed by atoms with Crippen molar-refractivity contribution in [3.05, 3.63) is 12.2 Å². The van der Waals surface area contributed by atoms with E-state index in [9.17, 15) is 0 Å². The lowest BCUT2D eigenvalue weighted by molar-refractivity contribution is 0.432. The molecule has 1 atom stereocenters. The van der Waals surface area contributed by atoms with Crippen LogP contribution < -0.4 is 0 Å². The van der Waals surface area contributed by atoms with Crippen LogP contribution in [0.3, 0.4) is 0 Å². The zero-order valence-electron chi connectivity index (χ0n) is 21.7. The second kappa shape index (κ2) is 26.8. The van der Waals surface area contributed by atoms with Gasteiger partial charge in [-0.3, -0.25) is 0 Å². The van der Waals surface area contributed by atoms with Crippen LogP contribution in [-0.4, -0.2) is 0 Å². The number of allylic oxidation sites excluding steroid dienone is 2. The number of unbranched alkanes of at least 4 members (excludes halogenated alkanes) is 19. The third-order valence-corrected chi connectivity index (χ3v) is 6.76. The highest BCUT2D eigenvalue weighted by Crippen LogP contribution is 2.18. The van der Waals surface area contributed by atoms with Crippen molar-refractivity contribution in [2.24, 2.45) is 5.92 Å². The number of rotatable bonds is 25. The van der Waals surface area contributed by atoms with Crippen LogP contribution in [0.4, 0.5) is 0 Å². The molecule has 1 unspecified atom stereocenters. The summed E-state index contributed by atoms with van der Waals surface area (Å²) in [5.41, 5.74) is 0. The van der Waals surface area contributed by atoms with Crippen LogP contribution in [0.1, 0.15) is 175 Å². The molecule has 0 aromatic rings. The molecule has 0 N–H and O–H groups in total. The van der Waals surface area contributed by atoms with E-state index in [-0.39, 0.29) is 0 Å². The highest BCUT2D eigenvalue weighted by atomic mass is 14.1. The van der Waals surface area contributed by atoms with Gasteiger partial charge in [-0.15, -0.1) is 0 Å². The minimum Gasteiger partial charge on any atom is -0.0885 e. The minimum absolute atomic E-state index is 0.962. The van der Waals surface area contributed by atoms with Gasteiger partial charge in [-0.1, -0.05) is 161 Å². The Morgan fingerprint density at radius 1 is 0.400 bits per heavy atom. The Labute approximate surface area is 193 Å². The maximum absolute atomic E-state index is 2.47. The topological polar surface area (TPSA) is 0 Å². The molecule has 0 heterocycles. The van der Waals surface area contributed by atoms with Crippen LogP contribution in [0.5, 0.6) is 0 Å². The van der Waals surface area contributed by atoms with E-state index in [1.54, 1.807) is 0 Å². The Balaban J connectivity index is 3.15. The van der Waals surface area contributed by atoms with Crippen LogP contribution in [-0.2, 0) is 0 Å². The fraction of sp³-hybridized carbons (Fsp3) is 0.933. The van der Waals surface area contributed by atoms with Gasteiger partial charge in [-0.25, -0.2) is 0 Å². The van der Waals surface area contributed by atoms with Crippen LogP contribution in [0, 0.1) is 5.92 Å². The summed E-state index contributed by atoms with van der Waals surface area (Å²) >= 11 is 0. The molecule has 0 radical (unpaired) electrons. The highest BCUT2D eigenvalue weighted by Gasteiger charge is 2.02. The summed E-state index contributed by atoms with van der Waals surface area (Å²) in [5, 5.41) is 0. The van der Waals surface area contributed by atoms with E-state index in [1.165, 1.54) is 154 Å². The summed E-state index contributed by atoms with van der Waals surface area (Å²) in [7, 11) is 0. The normalized spacial score (nSPS) is 12.8. The van der Waals surface area contributed by atoms with Crippen molar-refractivity contribution in [1.29, 1.82) is 0 Å². The zero-order chi connectivity index (χ0) is 22.0. The molecule has 0 fully saturated rings. The summed E-state index contributed by atoms with van der Waals surface area (Å²) in [5.74, 6) is 0.962. The second-order valence-corrected chi connectivity index (χ2v) is 10.1. The van der Waals surface area contributed by atoms with Crippen molar-refractivity contribution in [2.75, 3.05) is 0 Å². The van der Waals surface area contributed by atoms with Gasteiger partial charge in [0, 0.05) is 0 Å². The third kappa shape index (κ3) is 25.8. The molecular formula is C30H60. The average molecular weight is 421 g/mol. The first-order chi connectivity index (χ1) is 14.8. The van der Waals surface area contributed by atoms with Crippen molar-refractivity contribution in [2.45, 2.75) is 175 Å². The van der Waals surface area contributed by atoms with Gasteiger partial charge in [0.1, 0.15) is 0 Å². The Kier molecular flexibility index (Phi) is 26.5. The Morgan fingerprint density at radius 2 is 0.700 bits per heavy atom. The molecule has 0 aromatic heterocycles. The van der Waals surface area contributed by atoms with Crippen LogP contribution in [0.25, 0.3) is 0 Å². The van der Waals surface area contributed by atoms with Gasteiger partial charge in [0.25, 0.3) is 0 Å². The Morgan fingerprint density at radius 3 is 1.07 bits per heavy atom. The average Bonchev–Trinajstić information content (AvgIpc) is 2.75. The maximum atomic E-state index is 2.47. The lowest BCUT2D eigenvalue weighted by Crippen LogP contribution is -1.95. The zero-order valence-corrected chi connectivity index (χ0v) is 21.7. The molecule has 0 nitrogen and oxygen atoms in total. The molecule has 180 valence electrons. The first kappa shape index (κ1) is 29.7. The SMILES string of the molecule is CCCCCCCCCCC=CCCCCCCCCCC(C)CCCCCCC. The van der Waals surface area contributed by atoms with Crippen LogP contribution >= 0.6 is 0 Å². The molecule has 0 aliphatic heterocycles. The van der Waals surface area contributed by atoms with Crippen molar-refractivity contribution >= 4 is 0 Å². The summed E-state index contributed by atoms with van der Waals surface area (Å²) < 4.78 is 0. The fourth-order valence-corrected chi connectivity index (χ4v) is 4.51. The molecule has 0 bridgehead atoms. The molecule has 0 saturated carbocycles. The van der Waals surface area contributed by atoms with Crippen molar-refractivity contribution in [3.63, 3.8) is 0 Å². The van der Waals surface area contributed by atoms with E-state index in [1.807, 2.05) is 0 Å². The first-order valence-corrected chi connectivity index (χ1v) is 14.5. The molecular weight excluding hydrogens is 360 g/mol. The number of hydrogen-bond acceptors (Lipinski definition) is 0. The van der Waals surface area contributed by atoms with E-state index >= 15 is 0 Å². The summed E-state index contributed by atoms with van der Waals surface area (Å²) in [6.45, 7) is 7.08. The molecule has 0 amide bonds. The Bertz CT molecular complexity index is 316. The largest absolute Gasteiger partial charge is 0.0885 e. The molecule has 0 aromatic carbocycles. The van der Waals surface area contributed by atoms with Crippen LogP contribution in [0.15, 0.2) is 12.2 Å². The van der Waals surface area contributed by atoms with E-state index in [2.05, 4.69) is 32.9 Å². The van der Waals surface area contributed by atoms with Gasteiger partial charge >= 0.3 is 0 Å². The van der Waals surface area contributed by atoms with E-state index in [0.29, 0.717) is 0 Å². The summed E-state index contributed by atoms with van der Waals surface area (Å²) in [6, 6.07) is 0. The van der Waals surface area contributed by atoms with Gasteiger partial charge in [0.15, 0.2) is 0 Å². The Hall–Kier alpha value is -0.260. The molecule has 0 aliphatic rings. The van der Waals surface area contributed by atoms with Gasteiger partial charge in [0.2, 0.25) is 0 Å². The molecule has 0 saturated heterocycles. The van der Waals surface area contributed by atoms with E-state index in [4.69, 9.17) is 0 Å². The van der Waals surface area contributed by atoms with Gasteiger partial charge < -0.3 is 0 Å². The smallest absolute Gasteiger partial charge is 0.0351 e. The van der Waals surface area contributed by atoms with Gasteiger partial charge in [-0.2, -0.15) is 0 Å². The van der Waals surface area contributed by atoms with Crippen LogP contribution in [0.2, 0.25) is 0 Å². The maximum Gasteiger partial charge on any atom is -0.0351 e. The highest BCUT2D eigenvalue weighted by molar-refractivity contribution is 4.81. The molecule has 0 aliphatic carbocycles. The summed E-state index contributed by atoms with van der Waals surface area (Å²) in [4.78, 5) is 0. The van der Waals surface area contributed by atoms with Gasteiger partial charge in [0.05, 0.1) is 0 Å². The van der Waals surface area contributed by atoms with E-state index in [0.717, 1.165) is 5.92 Å². The van der Waals surface area contributed by atoms with E-state index < -0.39 is 0 Å². The van der Waals surface area contributed by atoms with Crippen molar-refractivity contribution in [1.82, 2.24) is 0 Å². The van der Waals surface area contributed by atoms with Crippen molar-refractivity contribution < 1.29 is 0 Å². The van der Waals surface area contributed by atoms with Gasteiger partial charge in [-0.05, 0) is 31.6 Å². The first-order valence-electron chi connectivity index (χ1n) is 14.5. The second-order valence-electron chi connectivity index (χ2n) is 10.1. The molecule has 30 heavy (non-hydrogen) atoms. The fourth-order valence-electron chi connectivity index (χ4n) is 4.51. The lowest BCUT2D eigenvalue weighted by atomic mass is 9.96. The quantitative estimate of drug-likeness (QED) is 0.102. The minimum atomic E-state index is 0.962. The molecule has 0 rings (SSSR count). The standard InChI is InChI=1S/C30H60/c1-4-6-8-10-11-12-13-14-15-16-17-18-19-20-21-22-23-25-27-29-30(3)28-26-24-9-7-5-2/h16-17,30H,4-15,18-29H2,1-3H3.